The predicted octanol–water partition coefficient (Wildman–Crippen LogP) is 2.63. The summed E-state index contributed by atoms with van der Waals surface area (Å²) >= 11 is 6.14. The molecule has 1 unspecified atom stereocenters. The molecule has 1 aromatic carbocycles. The Hall–Kier alpha value is -1.26. The van der Waals surface area contributed by atoms with Gasteiger partial charge in [0.05, 0.1) is 0 Å². The highest BCUT2D eigenvalue weighted by Crippen LogP contribution is 2.48. The summed E-state index contributed by atoms with van der Waals surface area (Å²) in [4.78, 5) is 6.79. The third-order valence-corrected chi connectivity index (χ3v) is 5.52. The average Bonchev–Trinajstić information content (AvgIpc) is 3.24. The van der Waals surface area contributed by atoms with Crippen LogP contribution in [-0.2, 0) is 5.41 Å². The van der Waals surface area contributed by atoms with Gasteiger partial charge >= 0.3 is 0 Å². The van der Waals surface area contributed by atoms with Gasteiger partial charge < -0.3 is 15.5 Å². The van der Waals surface area contributed by atoms with Gasteiger partial charge in [0.15, 0.2) is 5.96 Å². The molecule has 2 fully saturated rings. The lowest BCUT2D eigenvalue weighted by molar-refractivity contribution is 0.309. The molecule has 1 aromatic rings. The van der Waals surface area contributed by atoms with Crippen LogP contribution in [0, 0.1) is 0 Å². The standard InChI is InChI=1S/C18H27ClN4/c1-20-17(21-12-16-7-4-10-23(16)2)22-13-18(8-9-18)14-5-3-6-15(19)11-14/h3,5-6,11,16H,4,7-10,12-13H2,1-2H3,(H2,20,21,22). The molecule has 5 heteroatoms. The second-order valence-electron chi connectivity index (χ2n) is 6.87. The molecule has 1 aliphatic heterocycles. The van der Waals surface area contributed by atoms with Gasteiger partial charge in [-0.3, -0.25) is 4.99 Å². The van der Waals surface area contributed by atoms with Crippen LogP contribution in [0.25, 0.3) is 0 Å². The first-order valence-corrected chi connectivity index (χ1v) is 8.92. The molecule has 0 bridgehead atoms. The van der Waals surface area contributed by atoms with Crippen LogP contribution in [0.5, 0.6) is 0 Å². The van der Waals surface area contributed by atoms with Crippen LogP contribution < -0.4 is 10.6 Å². The largest absolute Gasteiger partial charge is 0.356 e. The van der Waals surface area contributed by atoms with Crippen LogP contribution in [0.2, 0.25) is 5.02 Å². The molecule has 2 N–H and O–H groups in total. The Kier molecular flexibility index (Phi) is 5.12. The molecular weight excluding hydrogens is 308 g/mol. The van der Waals surface area contributed by atoms with Crippen LogP contribution in [-0.4, -0.2) is 50.6 Å². The number of rotatable bonds is 5. The SMILES string of the molecule is CN=C(NCC1CCCN1C)NCC1(c2cccc(Cl)c2)CC1. The Labute approximate surface area is 144 Å². The van der Waals surface area contributed by atoms with Gasteiger partial charge in [-0.1, -0.05) is 23.7 Å². The number of halogens is 1. The van der Waals surface area contributed by atoms with Gasteiger partial charge in [0.25, 0.3) is 0 Å². The van der Waals surface area contributed by atoms with Crippen molar-refractivity contribution in [3.63, 3.8) is 0 Å². The average molecular weight is 335 g/mol. The fourth-order valence-corrected chi connectivity index (χ4v) is 3.65. The number of hydrogen-bond acceptors (Lipinski definition) is 2. The van der Waals surface area contributed by atoms with E-state index in [0.29, 0.717) is 6.04 Å². The summed E-state index contributed by atoms with van der Waals surface area (Å²) in [6.07, 6.45) is 4.99. The number of aliphatic imine (C=N–C) groups is 1. The lowest BCUT2D eigenvalue weighted by Crippen LogP contribution is -2.45. The first kappa shape index (κ1) is 16.6. The molecule has 2 aliphatic rings. The summed E-state index contributed by atoms with van der Waals surface area (Å²) in [5.41, 5.74) is 1.57. The van der Waals surface area contributed by atoms with Gasteiger partial charge in [-0.15, -0.1) is 0 Å². The summed E-state index contributed by atoms with van der Waals surface area (Å²) in [5, 5.41) is 7.80. The van der Waals surface area contributed by atoms with E-state index in [-0.39, 0.29) is 5.41 Å². The molecular formula is C18H27ClN4. The summed E-state index contributed by atoms with van der Waals surface area (Å²) in [6.45, 7) is 3.07. The minimum Gasteiger partial charge on any atom is -0.356 e. The summed E-state index contributed by atoms with van der Waals surface area (Å²) < 4.78 is 0. The zero-order chi connectivity index (χ0) is 16.3. The highest BCUT2D eigenvalue weighted by atomic mass is 35.5. The van der Waals surface area contributed by atoms with E-state index in [4.69, 9.17) is 11.6 Å². The Balaban J connectivity index is 1.52. The minimum atomic E-state index is 0.229. The quantitative estimate of drug-likeness (QED) is 0.642. The summed E-state index contributed by atoms with van der Waals surface area (Å²) in [5.74, 6) is 0.901. The summed E-state index contributed by atoms with van der Waals surface area (Å²) in [6, 6.07) is 8.88. The van der Waals surface area contributed by atoms with Crippen molar-refractivity contribution in [2.24, 2.45) is 4.99 Å². The van der Waals surface area contributed by atoms with Gasteiger partial charge in [-0.25, -0.2) is 0 Å². The van der Waals surface area contributed by atoms with Crippen molar-refractivity contribution in [1.29, 1.82) is 0 Å². The topological polar surface area (TPSA) is 39.7 Å². The second kappa shape index (κ2) is 7.10. The Morgan fingerprint density at radius 3 is 2.83 bits per heavy atom. The van der Waals surface area contributed by atoms with Crippen molar-refractivity contribution in [2.45, 2.75) is 37.1 Å². The number of guanidine groups is 1. The molecule has 3 rings (SSSR count). The molecule has 0 aromatic heterocycles. The molecule has 0 spiro atoms. The van der Waals surface area contributed by atoms with Gasteiger partial charge in [0, 0.05) is 36.6 Å². The fraction of sp³-hybridized carbons (Fsp3) is 0.611. The van der Waals surface area contributed by atoms with Crippen molar-refractivity contribution in [3.8, 4) is 0 Å². The maximum absolute atomic E-state index is 6.14. The zero-order valence-corrected chi connectivity index (χ0v) is 14.9. The Morgan fingerprint density at radius 2 is 2.22 bits per heavy atom. The maximum atomic E-state index is 6.14. The van der Waals surface area contributed by atoms with E-state index >= 15 is 0 Å². The Bertz CT molecular complexity index is 568. The minimum absolute atomic E-state index is 0.229. The number of likely N-dealkylation sites (tertiary alicyclic amines) is 1. The summed E-state index contributed by atoms with van der Waals surface area (Å²) in [7, 11) is 4.04. The molecule has 126 valence electrons. The lowest BCUT2D eigenvalue weighted by atomic mass is 9.96. The van der Waals surface area contributed by atoms with E-state index < -0.39 is 0 Å². The van der Waals surface area contributed by atoms with Gasteiger partial charge in [0.1, 0.15) is 0 Å². The number of likely N-dealkylation sites (N-methyl/N-ethyl adjacent to an activating group) is 1. The fourth-order valence-electron chi connectivity index (χ4n) is 3.46. The molecule has 1 saturated carbocycles. The van der Waals surface area contributed by atoms with E-state index in [2.05, 4.69) is 39.7 Å². The molecule has 0 amide bonds. The number of nitrogens with zero attached hydrogens (tertiary/aromatic N) is 2. The van der Waals surface area contributed by atoms with Gasteiger partial charge in [-0.2, -0.15) is 0 Å². The first-order chi connectivity index (χ1) is 11.1. The van der Waals surface area contributed by atoms with E-state index in [9.17, 15) is 0 Å². The molecule has 1 atom stereocenters. The molecule has 0 radical (unpaired) electrons. The van der Waals surface area contributed by atoms with E-state index in [0.717, 1.165) is 24.1 Å². The highest BCUT2D eigenvalue weighted by molar-refractivity contribution is 6.30. The zero-order valence-electron chi connectivity index (χ0n) is 14.1. The van der Waals surface area contributed by atoms with Crippen molar-refractivity contribution < 1.29 is 0 Å². The monoisotopic (exact) mass is 334 g/mol. The van der Waals surface area contributed by atoms with Crippen molar-refractivity contribution >= 4 is 17.6 Å². The molecule has 1 heterocycles. The van der Waals surface area contributed by atoms with Gasteiger partial charge in [0.2, 0.25) is 0 Å². The first-order valence-electron chi connectivity index (χ1n) is 8.54. The molecule has 1 aliphatic carbocycles. The highest BCUT2D eigenvalue weighted by Gasteiger charge is 2.44. The van der Waals surface area contributed by atoms with Crippen LogP contribution >= 0.6 is 11.6 Å². The van der Waals surface area contributed by atoms with Crippen molar-refractivity contribution in [2.75, 3.05) is 33.7 Å². The van der Waals surface area contributed by atoms with Crippen molar-refractivity contribution in [1.82, 2.24) is 15.5 Å². The second-order valence-corrected chi connectivity index (χ2v) is 7.31. The smallest absolute Gasteiger partial charge is 0.191 e. The third-order valence-electron chi connectivity index (χ3n) is 5.29. The maximum Gasteiger partial charge on any atom is 0.191 e. The van der Waals surface area contributed by atoms with Crippen LogP contribution in [0.4, 0.5) is 0 Å². The number of nitrogens with one attached hydrogen (secondary N) is 2. The van der Waals surface area contributed by atoms with Gasteiger partial charge in [-0.05, 0) is 57.0 Å². The van der Waals surface area contributed by atoms with Crippen molar-refractivity contribution in [3.05, 3.63) is 34.9 Å². The van der Waals surface area contributed by atoms with E-state index in [1.165, 1.54) is 37.8 Å². The van der Waals surface area contributed by atoms with Crippen LogP contribution in [0.1, 0.15) is 31.2 Å². The van der Waals surface area contributed by atoms with Crippen LogP contribution in [0.15, 0.2) is 29.3 Å². The number of benzene rings is 1. The number of hydrogen-bond donors (Lipinski definition) is 2. The van der Waals surface area contributed by atoms with E-state index in [1.54, 1.807) is 0 Å². The van der Waals surface area contributed by atoms with Crippen LogP contribution in [0.3, 0.4) is 0 Å². The predicted molar refractivity (Wildman–Crippen MR) is 97.4 cm³/mol. The molecule has 23 heavy (non-hydrogen) atoms. The third kappa shape index (κ3) is 3.99. The normalized spacial score (nSPS) is 23.8. The lowest BCUT2D eigenvalue weighted by Gasteiger charge is -2.23. The molecule has 1 saturated heterocycles. The Morgan fingerprint density at radius 1 is 1.39 bits per heavy atom. The molecule has 4 nitrogen and oxygen atoms in total. The van der Waals surface area contributed by atoms with E-state index in [1.807, 2.05) is 19.2 Å².